The lowest BCUT2D eigenvalue weighted by atomic mass is 10.1. The number of nitrogens with one attached hydrogen (secondary N) is 1. The molecular formula is C13H20N4O4. The van der Waals surface area contributed by atoms with Crippen molar-refractivity contribution >= 4 is 11.9 Å². The highest BCUT2D eigenvalue weighted by Gasteiger charge is 2.29. The smallest absolute Gasteiger partial charge is 0.309 e. The van der Waals surface area contributed by atoms with Gasteiger partial charge < -0.3 is 19.7 Å². The number of rotatable bonds is 5. The Morgan fingerprint density at radius 1 is 1.48 bits per heavy atom. The number of carboxylic acids is 1. The average Bonchev–Trinajstić information content (AvgIpc) is 2.84. The summed E-state index contributed by atoms with van der Waals surface area (Å²) in [7, 11) is 1.45. The van der Waals surface area contributed by atoms with Crippen molar-refractivity contribution in [1.29, 1.82) is 0 Å². The molecule has 0 aromatic carbocycles. The summed E-state index contributed by atoms with van der Waals surface area (Å²) in [4.78, 5) is 33.8. The zero-order valence-corrected chi connectivity index (χ0v) is 12.0. The predicted molar refractivity (Wildman–Crippen MR) is 73.4 cm³/mol. The summed E-state index contributed by atoms with van der Waals surface area (Å²) >= 11 is 0. The second-order valence-electron chi connectivity index (χ2n) is 5.12. The Morgan fingerprint density at radius 2 is 2.29 bits per heavy atom. The van der Waals surface area contributed by atoms with E-state index >= 15 is 0 Å². The Bertz CT molecular complexity index is 477. The number of aliphatic carboxylic acids is 1. The van der Waals surface area contributed by atoms with E-state index in [1.54, 1.807) is 17.4 Å². The molecule has 0 aliphatic carbocycles. The highest BCUT2D eigenvalue weighted by Crippen LogP contribution is 2.13. The van der Waals surface area contributed by atoms with Crippen molar-refractivity contribution in [3.8, 4) is 0 Å². The molecule has 0 unspecified atom stereocenters. The molecule has 1 amide bonds. The Morgan fingerprint density at radius 3 is 2.90 bits per heavy atom. The predicted octanol–water partition coefficient (Wildman–Crippen LogP) is -0.599. The normalized spacial score (nSPS) is 20.2. The fraction of sp³-hybridized carbons (Fsp3) is 0.615. The number of imidazole rings is 1. The van der Waals surface area contributed by atoms with Gasteiger partial charge in [-0.1, -0.05) is 0 Å². The van der Waals surface area contributed by atoms with Gasteiger partial charge in [0, 0.05) is 51.7 Å². The monoisotopic (exact) mass is 296 g/mol. The van der Waals surface area contributed by atoms with E-state index in [4.69, 9.17) is 4.74 Å². The Hall–Kier alpha value is -1.93. The molecule has 2 rings (SSSR count). The van der Waals surface area contributed by atoms with Gasteiger partial charge in [0.25, 0.3) is 0 Å². The topological polar surface area (TPSA) is 98.8 Å². The number of carbonyl (C=O) groups is 2. The molecule has 8 heteroatoms. The van der Waals surface area contributed by atoms with Crippen molar-refractivity contribution in [3.05, 3.63) is 18.2 Å². The fourth-order valence-electron chi connectivity index (χ4n) is 2.43. The second kappa shape index (κ2) is 7.19. The third-order valence-electron chi connectivity index (χ3n) is 3.52. The van der Waals surface area contributed by atoms with E-state index < -0.39 is 11.9 Å². The third kappa shape index (κ3) is 4.27. The quantitative estimate of drug-likeness (QED) is 0.753. The van der Waals surface area contributed by atoms with Gasteiger partial charge in [-0.2, -0.15) is 0 Å². The van der Waals surface area contributed by atoms with Gasteiger partial charge in [0.2, 0.25) is 5.91 Å². The van der Waals surface area contributed by atoms with Gasteiger partial charge in [-0.05, 0) is 0 Å². The fourth-order valence-corrected chi connectivity index (χ4v) is 2.43. The number of aromatic amines is 1. The van der Waals surface area contributed by atoms with Gasteiger partial charge in [-0.15, -0.1) is 0 Å². The molecule has 1 saturated heterocycles. The van der Waals surface area contributed by atoms with Crippen LogP contribution in [-0.2, 0) is 20.9 Å². The van der Waals surface area contributed by atoms with E-state index in [1.807, 2.05) is 4.90 Å². The maximum atomic E-state index is 11.9. The van der Waals surface area contributed by atoms with Crippen molar-refractivity contribution in [1.82, 2.24) is 19.8 Å². The first kappa shape index (κ1) is 15.5. The van der Waals surface area contributed by atoms with Crippen LogP contribution in [0.4, 0.5) is 0 Å². The Labute approximate surface area is 122 Å². The van der Waals surface area contributed by atoms with Crippen LogP contribution in [0.2, 0.25) is 0 Å². The number of aromatic nitrogens is 2. The molecular weight excluding hydrogens is 276 g/mol. The minimum Gasteiger partial charge on any atom is -0.481 e. The van der Waals surface area contributed by atoms with E-state index in [0.29, 0.717) is 26.2 Å². The van der Waals surface area contributed by atoms with Crippen LogP contribution in [0.15, 0.2) is 12.5 Å². The van der Waals surface area contributed by atoms with E-state index in [0.717, 1.165) is 5.69 Å². The highest BCUT2D eigenvalue weighted by atomic mass is 16.5. The summed E-state index contributed by atoms with van der Waals surface area (Å²) in [5.41, 5.74) is 0.927. The van der Waals surface area contributed by atoms with Gasteiger partial charge in [0.15, 0.2) is 0 Å². The van der Waals surface area contributed by atoms with E-state index in [1.165, 1.54) is 7.11 Å². The van der Waals surface area contributed by atoms with Crippen LogP contribution in [0, 0.1) is 5.92 Å². The summed E-state index contributed by atoms with van der Waals surface area (Å²) in [6.07, 6.45) is 3.31. The van der Waals surface area contributed by atoms with Gasteiger partial charge in [0.05, 0.1) is 12.2 Å². The van der Waals surface area contributed by atoms with E-state index in [-0.39, 0.29) is 19.1 Å². The number of ether oxygens (including phenoxy) is 1. The van der Waals surface area contributed by atoms with Crippen molar-refractivity contribution in [3.63, 3.8) is 0 Å². The van der Waals surface area contributed by atoms with Gasteiger partial charge >= 0.3 is 5.97 Å². The van der Waals surface area contributed by atoms with Crippen LogP contribution in [-0.4, -0.2) is 76.6 Å². The van der Waals surface area contributed by atoms with Crippen LogP contribution in [0.1, 0.15) is 5.69 Å². The molecule has 1 aromatic heterocycles. The van der Waals surface area contributed by atoms with E-state index in [2.05, 4.69) is 9.97 Å². The van der Waals surface area contributed by atoms with Gasteiger partial charge in [0.1, 0.15) is 6.61 Å². The van der Waals surface area contributed by atoms with Crippen molar-refractivity contribution in [2.75, 3.05) is 39.9 Å². The van der Waals surface area contributed by atoms with Crippen molar-refractivity contribution in [2.45, 2.75) is 6.54 Å². The molecule has 1 aromatic rings. The molecule has 116 valence electrons. The summed E-state index contributed by atoms with van der Waals surface area (Å²) < 4.78 is 4.84. The number of amides is 1. The minimum atomic E-state index is -0.887. The molecule has 0 saturated carbocycles. The molecule has 2 heterocycles. The standard InChI is InChI=1S/C13H20N4O4/c1-21-8-12(18)17-3-2-16(5-10(6-17)13(19)20)7-11-4-14-9-15-11/h4,9-10H,2-3,5-8H2,1H3,(H,14,15)(H,19,20)/t10-/m1/s1. The minimum absolute atomic E-state index is 0.0209. The molecule has 1 aliphatic rings. The lowest BCUT2D eigenvalue weighted by Crippen LogP contribution is -2.39. The Kier molecular flexibility index (Phi) is 5.29. The van der Waals surface area contributed by atoms with Gasteiger partial charge in [-0.25, -0.2) is 4.98 Å². The molecule has 1 aliphatic heterocycles. The molecule has 1 fully saturated rings. The van der Waals surface area contributed by atoms with E-state index in [9.17, 15) is 14.7 Å². The molecule has 1 atom stereocenters. The first-order valence-corrected chi connectivity index (χ1v) is 6.79. The van der Waals surface area contributed by atoms with Crippen LogP contribution in [0.3, 0.4) is 0 Å². The van der Waals surface area contributed by atoms with Crippen LogP contribution < -0.4 is 0 Å². The number of hydrogen-bond donors (Lipinski definition) is 2. The average molecular weight is 296 g/mol. The van der Waals surface area contributed by atoms with Gasteiger partial charge in [-0.3, -0.25) is 14.5 Å². The number of H-pyrrole nitrogens is 1. The second-order valence-corrected chi connectivity index (χ2v) is 5.12. The number of hydrogen-bond acceptors (Lipinski definition) is 5. The van der Waals surface area contributed by atoms with Crippen LogP contribution in [0.5, 0.6) is 0 Å². The lowest BCUT2D eigenvalue weighted by molar-refractivity contribution is -0.144. The molecule has 8 nitrogen and oxygen atoms in total. The molecule has 2 N–H and O–H groups in total. The third-order valence-corrected chi connectivity index (χ3v) is 3.52. The van der Waals surface area contributed by atoms with Crippen LogP contribution >= 0.6 is 0 Å². The maximum absolute atomic E-state index is 11.9. The molecule has 21 heavy (non-hydrogen) atoms. The summed E-state index contributed by atoms with van der Waals surface area (Å²) in [5, 5.41) is 9.32. The van der Waals surface area contributed by atoms with Crippen molar-refractivity contribution < 1.29 is 19.4 Å². The number of carbonyl (C=O) groups excluding carboxylic acids is 1. The highest BCUT2D eigenvalue weighted by molar-refractivity contribution is 5.78. The number of methoxy groups -OCH3 is 1. The number of carboxylic acid groups (broad SMARTS) is 1. The molecule has 0 radical (unpaired) electrons. The first-order chi connectivity index (χ1) is 10.1. The molecule has 0 spiro atoms. The zero-order valence-electron chi connectivity index (χ0n) is 12.0. The molecule has 0 bridgehead atoms. The summed E-state index contributed by atoms with van der Waals surface area (Å²) in [6.45, 7) is 2.32. The SMILES string of the molecule is COCC(=O)N1CCN(Cc2cnc[nH]2)C[C@@H](C(=O)O)C1. The summed E-state index contributed by atoms with van der Waals surface area (Å²) in [5.74, 6) is -1.66. The first-order valence-electron chi connectivity index (χ1n) is 6.79. The summed E-state index contributed by atoms with van der Waals surface area (Å²) in [6, 6.07) is 0. The van der Waals surface area contributed by atoms with Crippen molar-refractivity contribution in [2.24, 2.45) is 5.92 Å². The maximum Gasteiger partial charge on any atom is 0.309 e. The zero-order chi connectivity index (χ0) is 15.2. The number of nitrogens with zero attached hydrogens (tertiary/aromatic N) is 3. The largest absolute Gasteiger partial charge is 0.481 e. The lowest BCUT2D eigenvalue weighted by Gasteiger charge is -2.21. The van der Waals surface area contributed by atoms with Crippen LogP contribution in [0.25, 0.3) is 0 Å². The Balaban J connectivity index is 2.03.